The van der Waals surface area contributed by atoms with Gasteiger partial charge in [-0.15, -0.1) is 0 Å². The summed E-state index contributed by atoms with van der Waals surface area (Å²) in [6.07, 6.45) is 5.31. The molecule has 4 heteroatoms. The molecule has 0 spiro atoms. The molecule has 0 bridgehead atoms. The van der Waals surface area contributed by atoms with E-state index < -0.39 is 0 Å². The summed E-state index contributed by atoms with van der Waals surface area (Å²) >= 11 is 0. The standard InChI is InChI=1S/C15H24N4/c1-11-10-15(18-12(2)17-11)19-8-5-13(6-9-19)14-4-3-7-16-14/h10,13-14,16H,3-9H2,1-2H3. The molecule has 2 aliphatic heterocycles. The predicted molar refractivity (Wildman–Crippen MR) is 77.5 cm³/mol. The van der Waals surface area contributed by atoms with E-state index in [0.29, 0.717) is 0 Å². The summed E-state index contributed by atoms with van der Waals surface area (Å²) in [7, 11) is 0. The molecule has 0 radical (unpaired) electrons. The van der Waals surface area contributed by atoms with Crippen LogP contribution in [0.2, 0.25) is 0 Å². The maximum Gasteiger partial charge on any atom is 0.132 e. The summed E-state index contributed by atoms with van der Waals surface area (Å²) in [4.78, 5) is 11.4. The third-order valence-electron chi connectivity index (χ3n) is 4.48. The predicted octanol–water partition coefficient (Wildman–Crippen LogP) is 2.06. The number of piperidine rings is 1. The minimum Gasteiger partial charge on any atom is -0.356 e. The molecule has 4 nitrogen and oxygen atoms in total. The zero-order chi connectivity index (χ0) is 13.2. The average molecular weight is 260 g/mol. The summed E-state index contributed by atoms with van der Waals surface area (Å²) < 4.78 is 0. The SMILES string of the molecule is Cc1cc(N2CCC(C3CCCN3)CC2)nc(C)n1. The van der Waals surface area contributed by atoms with Crippen LogP contribution in [0.25, 0.3) is 0 Å². The molecule has 0 amide bonds. The molecule has 0 aromatic carbocycles. The van der Waals surface area contributed by atoms with Crippen LogP contribution in [0.4, 0.5) is 5.82 Å². The Balaban J connectivity index is 1.63. The maximum absolute atomic E-state index is 4.58. The van der Waals surface area contributed by atoms with Gasteiger partial charge in [0.1, 0.15) is 11.6 Å². The Morgan fingerprint density at radius 3 is 2.58 bits per heavy atom. The molecule has 1 unspecified atom stereocenters. The highest BCUT2D eigenvalue weighted by Gasteiger charge is 2.28. The van der Waals surface area contributed by atoms with E-state index in [0.717, 1.165) is 42.4 Å². The Labute approximate surface area is 115 Å². The second kappa shape index (κ2) is 5.45. The Hall–Kier alpha value is -1.16. The summed E-state index contributed by atoms with van der Waals surface area (Å²) in [6, 6.07) is 2.89. The van der Waals surface area contributed by atoms with Crippen molar-refractivity contribution in [3.63, 3.8) is 0 Å². The van der Waals surface area contributed by atoms with Gasteiger partial charge in [0.25, 0.3) is 0 Å². The minimum absolute atomic E-state index is 0.774. The van der Waals surface area contributed by atoms with Crippen molar-refractivity contribution in [2.45, 2.75) is 45.6 Å². The van der Waals surface area contributed by atoms with Gasteiger partial charge < -0.3 is 10.2 Å². The van der Waals surface area contributed by atoms with Crippen molar-refractivity contribution in [1.82, 2.24) is 15.3 Å². The van der Waals surface area contributed by atoms with Crippen molar-refractivity contribution in [2.24, 2.45) is 5.92 Å². The van der Waals surface area contributed by atoms with Crippen molar-refractivity contribution in [2.75, 3.05) is 24.5 Å². The van der Waals surface area contributed by atoms with E-state index in [2.05, 4.69) is 26.3 Å². The van der Waals surface area contributed by atoms with Gasteiger partial charge in [0.05, 0.1) is 0 Å². The van der Waals surface area contributed by atoms with Crippen molar-refractivity contribution in [3.05, 3.63) is 17.6 Å². The van der Waals surface area contributed by atoms with Crippen LogP contribution in [-0.4, -0.2) is 35.6 Å². The fourth-order valence-corrected chi connectivity index (χ4v) is 3.50. The number of nitrogens with zero attached hydrogens (tertiary/aromatic N) is 3. The molecule has 1 N–H and O–H groups in total. The molecule has 2 aliphatic rings. The molecule has 3 rings (SSSR count). The highest BCUT2D eigenvalue weighted by atomic mass is 15.2. The smallest absolute Gasteiger partial charge is 0.132 e. The van der Waals surface area contributed by atoms with Crippen molar-refractivity contribution in [3.8, 4) is 0 Å². The normalized spacial score (nSPS) is 24.9. The zero-order valence-electron chi connectivity index (χ0n) is 12.0. The van der Waals surface area contributed by atoms with Crippen molar-refractivity contribution >= 4 is 5.82 Å². The fraction of sp³-hybridized carbons (Fsp3) is 0.733. The molecule has 0 saturated carbocycles. The summed E-state index contributed by atoms with van der Waals surface area (Å²) in [6.45, 7) is 7.52. The van der Waals surface area contributed by atoms with Crippen molar-refractivity contribution < 1.29 is 0 Å². The van der Waals surface area contributed by atoms with E-state index >= 15 is 0 Å². The van der Waals surface area contributed by atoms with Crippen LogP contribution in [0.1, 0.15) is 37.2 Å². The van der Waals surface area contributed by atoms with Gasteiger partial charge in [-0.2, -0.15) is 0 Å². The number of hydrogen-bond acceptors (Lipinski definition) is 4. The molecule has 3 heterocycles. The molecule has 104 valence electrons. The van der Waals surface area contributed by atoms with Gasteiger partial charge in [-0.1, -0.05) is 0 Å². The minimum atomic E-state index is 0.774. The summed E-state index contributed by atoms with van der Waals surface area (Å²) in [5.41, 5.74) is 1.07. The van der Waals surface area contributed by atoms with E-state index in [1.54, 1.807) is 0 Å². The third kappa shape index (κ3) is 2.89. The first-order valence-electron chi connectivity index (χ1n) is 7.53. The van der Waals surface area contributed by atoms with Crippen LogP contribution < -0.4 is 10.2 Å². The number of aryl methyl sites for hydroxylation is 2. The lowest BCUT2D eigenvalue weighted by Crippen LogP contribution is -2.41. The second-order valence-electron chi connectivity index (χ2n) is 5.94. The lowest BCUT2D eigenvalue weighted by Gasteiger charge is -2.35. The van der Waals surface area contributed by atoms with Gasteiger partial charge in [-0.25, -0.2) is 9.97 Å². The molecule has 19 heavy (non-hydrogen) atoms. The van der Waals surface area contributed by atoms with E-state index in [1.807, 2.05) is 13.8 Å². The largest absolute Gasteiger partial charge is 0.356 e. The number of nitrogens with one attached hydrogen (secondary N) is 1. The van der Waals surface area contributed by atoms with Gasteiger partial charge in [0, 0.05) is 30.9 Å². The fourth-order valence-electron chi connectivity index (χ4n) is 3.50. The Bertz CT molecular complexity index is 412. The molecule has 1 aromatic rings. The quantitative estimate of drug-likeness (QED) is 0.884. The number of rotatable bonds is 2. The maximum atomic E-state index is 4.58. The third-order valence-corrected chi connectivity index (χ3v) is 4.48. The first-order chi connectivity index (χ1) is 9.22. The van der Waals surface area contributed by atoms with Gasteiger partial charge in [-0.3, -0.25) is 0 Å². The van der Waals surface area contributed by atoms with Crippen LogP contribution in [0, 0.1) is 19.8 Å². The topological polar surface area (TPSA) is 41.0 Å². The van der Waals surface area contributed by atoms with Gasteiger partial charge in [0.2, 0.25) is 0 Å². The molecular weight excluding hydrogens is 236 g/mol. The van der Waals surface area contributed by atoms with Gasteiger partial charge in [-0.05, 0) is 52.0 Å². The lowest BCUT2D eigenvalue weighted by atomic mass is 9.88. The first-order valence-corrected chi connectivity index (χ1v) is 7.53. The number of anilines is 1. The highest BCUT2D eigenvalue weighted by molar-refractivity contribution is 5.40. The van der Waals surface area contributed by atoms with Crippen LogP contribution in [0.5, 0.6) is 0 Å². The second-order valence-corrected chi connectivity index (χ2v) is 5.94. The van der Waals surface area contributed by atoms with Crippen LogP contribution in [0.3, 0.4) is 0 Å². The highest BCUT2D eigenvalue weighted by Crippen LogP contribution is 2.27. The molecule has 2 fully saturated rings. The molecule has 0 aliphatic carbocycles. The van der Waals surface area contributed by atoms with E-state index in [9.17, 15) is 0 Å². The van der Waals surface area contributed by atoms with Gasteiger partial charge >= 0.3 is 0 Å². The molecular formula is C15H24N4. The summed E-state index contributed by atoms with van der Waals surface area (Å²) in [5, 5.41) is 3.65. The van der Waals surface area contributed by atoms with E-state index in [1.165, 1.54) is 32.2 Å². The van der Waals surface area contributed by atoms with E-state index in [4.69, 9.17) is 0 Å². The number of hydrogen-bond donors (Lipinski definition) is 1. The Kier molecular flexibility index (Phi) is 3.69. The van der Waals surface area contributed by atoms with Crippen LogP contribution in [-0.2, 0) is 0 Å². The Morgan fingerprint density at radius 1 is 1.16 bits per heavy atom. The van der Waals surface area contributed by atoms with E-state index in [-0.39, 0.29) is 0 Å². The Morgan fingerprint density at radius 2 is 1.95 bits per heavy atom. The molecule has 1 aromatic heterocycles. The lowest BCUT2D eigenvalue weighted by molar-refractivity contribution is 0.318. The van der Waals surface area contributed by atoms with Crippen LogP contribution in [0.15, 0.2) is 6.07 Å². The summed E-state index contributed by atoms with van der Waals surface area (Å²) in [5.74, 6) is 2.86. The number of aromatic nitrogens is 2. The monoisotopic (exact) mass is 260 g/mol. The zero-order valence-corrected chi connectivity index (χ0v) is 12.0. The molecule has 1 atom stereocenters. The first kappa shape index (κ1) is 12.9. The van der Waals surface area contributed by atoms with Crippen molar-refractivity contribution in [1.29, 1.82) is 0 Å². The average Bonchev–Trinajstić information content (AvgIpc) is 2.91. The van der Waals surface area contributed by atoms with Crippen LogP contribution >= 0.6 is 0 Å². The van der Waals surface area contributed by atoms with Gasteiger partial charge in [0.15, 0.2) is 0 Å². The molecule has 2 saturated heterocycles.